The number of carbonyl (C=O) groups excluding carboxylic acids is 1. The van der Waals surface area contributed by atoms with Crippen LogP contribution in [0.2, 0.25) is 0 Å². The molecule has 0 bridgehead atoms. The maximum absolute atomic E-state index is 12.3. The van der Waals surface area contributed by atoms with Crippen molar-refractivity contribution in [2.24, 2.45) is 0 Å². The van der Waals surface area contributed by atoms with E-state index in [2.05, 4.69) is 16.4 Å². The molecule has 0 fully saturated rings. The van der Waals surface area contributed by atoms with Crippen LogP contribution in [0.15, 0.2) is 59.6 Å². The molecule has 4 rings (SSSR count). The van der Waals surface area contributed by atoms with Crippen molar-refractivity contribution in [3.05, 3.63) is 60.2 Å². The molecular weight excluding hydrogens is 414 g/mol. The number of rotatable bonds is 7. The molecular formula is C23H19N3O4S. The Kier molecular flexibility index (Phi) is 6.24. The maximum atomic E-state index is 12.3. The number of hydrogen-bond acceptors (Lipinski definition) is 7. The molecule has 0 unspecified atom stereocenters. The number of anilines is 1. The SMILES string of the molecule is COc1ccc(-c2ccc(C#N)c(SCCC(=O)Nc3ccc4c(c3)OCO4)n2)cc1. The van der Waals surface area contributed by atoms with Gasteiger partial charge in [-0.05, 0) is 48.5 Å². The molecule has 156 valence electrons. The minimum Gasteiger partial charge on any atom is -0.497 e. The minimum atomic E-state index is -0.129. The zero-order chi connectivity index (χ0) is 21.6. The lowest BCUT2D eigenvalue weighted by Gasteiger charge is -2.08. The minimum absolute atomic E-state index is 0.129. The fourth-order valence-electron chi connectivity index (χ4n) is 3.00. The van der Waals surface area contributed by atoms with E-state index in [9.17, 15) is 10.1 Å². The Bertz CT molecular complexity index is 1140. The molecule has 1 aromatic heterocycles. The van der Waals surface area contributed by atoms with E-state index in [1.54, 1.807) is 31.4 Å². The zero-order valence-corrected chi connectivity index (χ0v) is 17.6. The number of ether oxygens (including phenoxy) is 3. The maximum Gasteiger partial charge on any atom is 0.231 e. The lowest BCUT2D eigenvalue weighted by molar-refractivity contribution is -0.115. The fourth-order valence-corrected chi connectivity index (χ4v) is 3.91. The Balaban J connectivity index is 1.38. The van der Waals surface area contributed by atoms with Gasteiger partial charge in [-0.25, -0.2) is 4.98 Å². The summed E-state index contributed by atoms with van der Waals surface area (Å²) in [6.07, 6.45) is 0.276. The van der Waals surface area contributed by atoms with Gasteiger partial charge in [-0.15, -0.1) is 11.8 Å². The topological polar surface area (TPSA) is 93.5 Å². The first kappa shape index (κ1) is 20.6. The van der Waals surface area contributed by atoms with Crippen LogP contribution < -0.4 is 19.5 Å². The Morgan fingerprint density at radius 2 is 1.97 bits per heavy atom. The predicted molar refractivity (Wildman–Crippen MR) is 117 cm³/mol. The van der Waals surface area contributed by atoms with Crippen LogP contribution in [-0.2, 0) is 4.79 Å². The summed E-state index contributed by atoms with van der Waals surface area (Å²) in [5.74, 6) is 2.41. The lowest BCUT2D eigenvalue weighted by atomic mass is 10.1. The largest absolute Gasteiger partial charge is 0.497 e. The normalized spacial score (nSPS) is 11.6. The van der Waals surface area contributed by atoms with Crippen LogP contribution in [0.3, 0.4) is 0 Å². The van der Waals surface area contributed by atoms with E-state index >= 15 is 0 Å². The van der Waals surface area contributed by atoms with Crippen LogP contribution in [0.1, 0.15) is 12.0 Å². The van der Waals surface area contributed by atoms with Crippen molar-refractivity contribution >= 4 is 23.4 Å². The second-order valence-electron chi connectivity index (χ2n) is 6.60. The molecule has 1 aliphatic rings. The highest BCUT2D eigenvalue weighted by molar-refractivity contribution is 7.99. The number of hydrogen-bond donors (Lipinski definition) is 1. The van der Waals surface area contributed by atoms with Gasteiger partial charge >= 0.3 is 0 Å². The van der Waals surface area contributed by atoms with Gasteiger partial charge in [0.15, 0.2) is 11.5 Å². The molecule has 1 amide bonds. The quantitative estimate of drug-likeness (QED) is 0.549. The first-order valence-corrected chi connectivity index (χ1v) is 10.5. The molecule has 2 aromatic carbocycles. The third kappa shape index (κ3) is 4.90. The molecule has 0 atom stereocenters. The number of carbonyl (C=O) groups is 1. The van der Waals surface area contributed by atoms with Gasteiger partial charge < -0.3 is 19.5 Å². The molecule has 1 N–H and O–H groups in total. The summed E-state index contributed by atoms with van der Waals surface area (Å²) in [5, 5.41) is 12.9. The van der Waals surface area contributed by atoms with E-state index in [-0.39, 0.29) is 19.1 Å². The number of amides is 1. The molecule has 2 heterocycles. The number of thioether (sulfide) groups is 1. The summed E-state index contributed by atoms with van der Waals surface area (Å²) in [5.41, 5.74) is 2.82. The molecule has 0 saturated carbocycles. The first-order chi connectivity index (χ1) is 15.2. The molecule has 7 nitrogen and oxygen atoms in total. The second kappa shape index (κ2) is 9.41. The van der Waals surface area contributed by atoms with Gasteiger partial charge in [-0.3, -0.25) is 4.79 Å². The van der Waals surface area contributed by atoms with Crippen molar-refractivity contribution in [3.63, 3.8) is 0 Å². The molecule has 8 heteroatoms. The number of nitrogens with zero attached hydrogens (tertiary/aromatic N) is 2. The van der Waals surface area contributed by atoms with E-state index in [1.165, 1.54) is 11.8 Å². The van der Waals surface area contributed by atoms with Gasteiger partial charge in [0.25, 0.3) is 0 Å². The average molecular weight is 433 g/mol. The molecule has 1 aliphatic heterocycles. The molecule has 3 aromatic rings. The van der Waals surface area contributed by atoms with Crippen molar-refractivity contribution < 1.29 is 19.0 Å². The highest BCUT2D eigenvalue weighted by atomic mass is 32.2. The Labute approximate surface area is 184 Å². The second-order valence-corrected chi connectivity index (χ2v) is 7.69. The van der Waals surface area contributed by atoms with Crippen LogP contribution in [0.5, 0.6) is 17.2 Å². The van der Waals surface area contributed by atoms with Crippen LogP contribution in [-0.4, -0.2) is 30.5 Å². The van der Waals surface area contributed by atoms with Crippen LogP contribution in [0.4, 0.5) is 5.69 Å². The summed E-state index contributed by atoms with van der Waals surface area (Å²) in [7, 11) is 1.62. The van der Waals surface area contributed by atoms with Gasteiger partial charge in [0.05, 0.1) is 18.4 Å². The van der Waals surface area contributed by atoms with Gasteiger partial charge in [0, 0.05) is 29.5 Å². The van der Waals surface area contributed by atoms with Gasteiger partial charge in [-0.2, -0.15) is 5.26 Å². The van der Waals surface area contributed by atoms with Crippen LogP contribution in [0.25, 0.3) is 11.3 Å². The number of aromatic nitrogens is 1. The average Bonchev–Trinajstić information content (AvgIpc) is 3.27. The van der Waals surface area contributed by atoms with E-state index in [0.717, 1.165) is 17.0 Å². The molecule has 31 heavy (non-hydrogen) atoms. The van der Waals surface area contributed by atoms with Crippen molar-refractivity contribution in [2.75, 3.05) is 25.0 Å². The first-order valence-electron chi connectivity index (χ1n) is 9.54. The van der Waals surface area contributed by atoms with Crippen molar-refractivity contribution in [1.82, 2.24) is 4.98 Å². The summed E-state index contributed by atoms with van der Waals surface area (Å²) in [6, 6.07) is 18.6. The Morgan fingerprint density at radius 3 is 2.74 bits per heavy atom. The summed E-state index contributed by atoms with van der Waals surface area (Å²) in [6.45, 7) is 0.188. The van der Waals surface area contributed by atoms with E-state index in [0.29, 0.717) is 33.5 Å². The molecule has 0 saturated heterocycles. The van der Waals surface area contributed by atoms with Gasteiger partial charge in [-0.1, -0.05) is 0 Å². The Hall–Kier alpha value is -3.70. The number of fused-ring (bicyclic) bond motifs is 1. The van der Waals surface area contributed by atoms with Crippen molar-refractivity contribution in [2.45, 2.75) is 11.4 Å². The smallest absolute Gasteiger partial charge is 0.231 e. The number of nitriles is 1. The highest BCUT2D eigenvalue weighted by Crippen LogP contribution is 2.34. The lowest BCUT2D eigenvalue weighted by Crippen LogP contribution is -2.12. The van der Waals surface area contributed by atoms with Crippen molar-refractivity contribution in [1.29, 1.82) is 5.26 Å². The monoisotopic (exact) mass is 433 g/mol. The summed E-state index contributed by atoms with van der Waals surface area (Å²) < 4.78 is 15.8. The third-order valence-corrected chi connectivity index (χ3v) is 5.58. The van der Waals surface area contributed by atoms with Gasteiger partial charge in [0.1, 0.15) is 16.8 Å². The number of pyridine rings is 1. The predicted octanol–water partition coefficient (Wildman–Crippen LogP) is 4.48. The van der Waals surface area contributed by atoms with E-state index < -0.39 is 0 Å². The standard InChI is InChI=1S/C23H19N3O4S/c1-28-18-6-2-15(3-7-18)19-8-4-16(13-24)23(26-19)31-11-10-22(27)25-17-5-9-20-21(12-17)30-14-29-20/h2-9,12H,10-11,14H2,1H3,(H,25,27). The van der Waals surface area contributed by atoms with Crippen LogP contribution in [0, 0.1) is 11.3 Å². The van der Waals surface area contributed by atoms with Gasteiger partial charge in [0.2, 0.25) is 12.7 Å². The molecule has 0 spiro atoms. The highest BCUT2D eigenvalue weighted by Gasteiger charge is 2.14. The molecule has 0 radical (unpaired) electrons. The summed E-state index contributed by atoms with van der Waals surface area (Å²) in [4.78, 5) is 16.9. The number of benzene rings is 2. The van der Waals surface area contributed by atoms with E-state index in [4.69, 9.17) is 14.2 Å². The third-order valence-electron chi connectivity index (χ3n) is 4.59. The molecule has 0 aliphatic carbocycles. The zero-order valence-electron chi connectivity index (χ0n) is 16.8. The van der Waals surface area contributed by atoms with Crippen LogP contribution >= 0.6 is 11.8 Å². The fraction of sp³-hybridized carbons (Fsp3) is 0.174. The number of nitrogens with one attached hydrogen (secondary N) is 1. The van der Waals surface area contributed by atoms with Crippen molar-refractivity contribution in [3.8, 4) is 34.6 Å². The van der Waals surface area contributed by atoms with E-state index in [1.807, 2.05) is 30.3 Å². The number of methoxy groups -OCH3 is 1. The Morgan fingerprint density at radius 1 is 1.16 bits per heavy atom. The summed E-state index contributed by atoms with van der Waals surface area (Å²) >= 11 is 1.38.